The number of benzene rings is 1. The number of nitrogens with zero attached hydrogens (tertiary/aromatic N) is 1. The number of anilines is 1. The molecule has 0 aromatic heterocycles. The first-order valence-electron chi connectivity index (χ1n) is 7.48. The van der Waals surface area contributed by atoms with Crippen molar-refractivity contribution in [1.29, 1.82) is 0 Å². The zero-order valence-electron chi connectivity index (χ0n) is 10.7. The molecule has 3 heterocycles. The average molecular weight is 240 g/mol. The van der Waals surface area contributed by atoms with Gasteiger partial charge < -0.3 is 5.32 Å². The third-order valence-electron chi connectivity index (χ3n) is 6.18. The van der Waals surface area contributed by atoms with Gasteiger partial charge in [0.15, 0.2) is 0 Å². The normalized spacial score (nSPS) is 44.3. The fourth-order valence-electron chi connectivity index (χ4n) is 5.44. The highest BCUT2D eigenvalue weighted by atomic mass is 15.2. The predicted molar refractivity (Wildman–Crippen MR) is 72.8 cm³/mol. The Kier molecular flexibility index (Phi) is 1.70. The Bertz CT molecular complexity index is 512. The summed E-state index contributed by atoms with van der Waals surface area (Å²) in [5.41, 5.74) is 3.51. The van der Waals surface area contributed by atoms with E-state index in [1.807, 2.05) is 0 Å². The van der Waals surface area contributed by atoms with E-state index in [9.17, 15) is 0 Å². The Morgan fingerprint density at radius 2 is 2.11 bits per heavy atom. The summed E-state index contributed by atoms with van der Waals surface area (Å²) in [6.45, 7) is 2.68. The van der Waals surface area contributed by atoms with Crippen molar-refractivity contribution in [3.63, 3.8) is 0 Å². The van der Waals surface area contributed by atoms with Crippen molar-refractivity contribution in [2.45, 2.75) is 43.2 Å². The molecule has 5 rings (SSSR count). The maximum atomic E-state index is 3.86. The second kappa shape index (κ2) is 3.11. The maximum Gasteiger partial charge on any atom is 0.0382 e. The number of nitrogens with one attached hydrogen (secondary N) is 1. The molecule has 18 heavy (non-hydrogen) atoms. The van der Waals surface area contributed by atoms with Crippen molar-refractivity contribution in [3.05, 3.63) is 29.8 Å². The van der Waals surface area contributed by atoms with Crippen LogP contribution in [0.1, 0.15) is 31.2 Å². The van der Waals surface area contributed by atoms with E-state index in [1.165, 1.54) is 44.5 Å². The molecule has 1 saturated carbocycles. The second-order valence-electron chi connectivity index (χ2n) is 6.71. The van der Waals surface area contributed by atoms with Crippen molar-refractivity contribution >= 4 is 5.69 Å². The molecule has 3 aliphatic heterocycles. The number of fused-ring (bicyclic) bond motifs is 2. The lowest BCUT2D eigenvalue weighted by molar-refractivity contribution is 0.0661. The number of hydrogen-bond acceptors (Lipinski definition) is 2. The first-order valence-corrected chi connectivity index (χ1v) is 7.48. The largest absolute Gasteiger partial charge is 0.381 e. The number of rotatable bonds is 0. The lowest BCUT2D eigenvalue weighted by atomic mass is 9.61. The third kappa shape index (κ3) is 0.969. The van der Waals surface area contributed by atoms with Gasteiger partial charge in [0.05, 0.1) is 0 Å². The summed E-state index contributed by atoms with van der Waals surface area (Å²) in [6.07, 6.45) is 5.66. The molecule has 0 amide bonds. The first kappa shape index (κ1) is 9.85. The van der Waals surface area contributed by atoms with E-state index in [-0.39, 0.29) is 0 Å². The molecular weight excluding hydrogens is 220 g/mol. The van der Waals surface area contributed by atoms with Gasteiger partial charge in [-0.3, -0.25) is 4.90 Å². The van der Waals surface area contributed by atoms with Crippen LogP contribution in [0.25, 0.3) is 0 Å². The van der Waals surface area contributed by atoms with Gasteiger partial charge in [-0.25, -0.2) is 0 Å². The molecule has 4 atom stereocenters. The Morgan fingerprint density at radius 1 is 1.17 bits per heavy atom. The Labute approximate surface area is 108 Å². The van der Waals surface area contributed by atoms with Crippen LogP contribution < -0.4 is 5.32 Å². The minimum absolute atomic E-state index is 0.452. The van der Waals surface area contributed by atoms with Gasteiger partial charge >= 0.3 is 0 Å². The maximum absolute atomic E-state index is 3.86. The van der Waals surface area contributed by atoms with E-state index < -0.39 is 0 Å². The first-order chi connectivity index (χ1) is 8.88. The lowest BCUT2D eigenvalue weighted by Crippen LogP contribution is -2.57. The smallest absolute Gasteiger partial charge is 0.0382 e. The van der Waals surface area contributed by atoms with Gasteiger partial charge in [-0.1, -0.05) is 18.2 Å². The van der Waals surface area contributed by atoms with E-state index in [1.54, 1.807) is 5.56 Å². The van der Waals surface area contributed by atoms with Crippen molar-refractivity contribution in [1.82, 2.24) is 4.90 Å². The van der Waals surface area contributed by atoms with Crippen LogP contribution in [0.15, 0.2) is 24.3 Å². The van der Waals surface area contributed by atoms with E-state index in [0.29, 0.717) is 11.5 Å². The second-order valence-corrected chi connectivity index (χ2v) is 6.71. The molecule has 4 aliphatic rings. The molecule has 1 aliphatic carbocycles. The van der Waals surface area contributed by atoms with Crippen molar-refractivity contribution in [2.75, 3.05) is 18.4 Å². The summed E-state index contributed by atoms with van der Waals surface area (Å²) < 4.78 is 0. The van der Waals surface area contributed by atoms with Crippen molar-refractivity contribution in [2.24, 2.45) is 5.92 Å². The fraction of sp³-hybridized carbons (Fsp3) is 0.625. The summed E-state index contributed by atoms with van der Waals surface area (Å²) in [5.74, 6) is 0.976. The molecule has 1 aromatic rings. The minimum Gasteiger partial charge on any atom is -0.381 e. The molecular formula is C16H20N2. The van der Waals surface area contributed by atoms with Crippen LogP contribution in [0.2, 0.25) is 0 Å². The van der Waals surface area contributed by atoms with E-state index >= 15 is 0 Å². The van der Waals surface area contributed by atoms with Gasteiger partial charge in [0.1, 0.15) is 0 Å². The van der Waals surface area contributed by atoms with Gasteiger partial charge in [0.2, 0.25) is 0 Å². The molecule has 2 heteroatoms. The summed E-state index contributed by atoms with van der Waals surface area (Å²) in [7, 11) is 0. The van der Waals surface area contributed by atoms with Crippen molar-refractivity contribution < 1.29 is 0 Å². The van der Waals surface area contributed by atoms with E-state index in [4.69, 9.17) is 0 Å². The molecule has 2 nitrogen and oxygen atoms in total. The molecule has 0 radical (unpaired) electrons. The van der Waals surface area contributed by atoms with Crippen LogP contribution in [-0.2, 0) is 5.41 Å². The molecule has 3 fully saturated rings. The van der Waals surface area contributed by atoms with Gasteiger partial charge in [-0.15, -0.1) is 0 Å². The Morgan fingerprint density at radius 3 is 3.11 bits per heavy atom. The SMILES string of the molecule is c1ccc2c(c1)N[C@H]1C[C@@H]3CCN4CC[C@]21[C@@H]4C3. The summed E-state index contributed by atoms with van der Waals surface area (Å²) in [5, 5.41) is 3.86. The minimum atomic E-state index is 0.452. The monoisotopic (exact) mass is 240 g/mol. The van der Waals surface area contributed by atoms with Crippen LogP contribution in [0, 0.1) is 5.92 Å². The van der Waals surface area contributed by atoms with Gasteiger partial charge in [0, 0.05) is 23.2 Å². The molecule has 1 aromatic carbocycles. The lowest BCUT2D eigenvalue weighted by Gasteiger charge is -2.50. The number of hydrogen-bond donors (Lipinski definition) is 1. The summed E-state index contributed by atoms with van der Waals surface area (Å²) in [4.78, 5) is 2.78. The quantitative estimate of drug-likeness (QED) is 0.750. The molecule has 2 bridgehead atoms. The number of para-hydroxylation sites is 1. The molecule has 0 unspecified atom stereocenters. The van der Waals surface area contributed by atoms with Gasteiger partial charge in [-0.2, -0.15) is 0 Å². The molecule has 94 valence electrons. The number of piperidine rings is 1. The van der Waals surface area contributed by atoms with Crippen LogP contribution >= 0.6 is 0 Å². The highest BCUT2D eigenvalue weighted by Crippen LogP contribution is 2.58. The van der Waals surface area contributed by atoms with E-state index in [2.05, 4.69) is 34.5 Å². The van der Waals surface area contributed by atoms with Crippen LogP contribution in [-0.4, -0.2) is 30.1 Å². The van der Waals surface area contributed by atoms with Crippen LogP contribution in [0.4, 0.5) is 5.69 Å². The Balaban J connectivity index is 1.73. The Hall–Kier alpha value is -1.02. The zero-order valence-corrected chi connectivity index (χ0v) is 10.7. The molecule has 1 spiro atoms. The van der Waals surface area contributed by atoms with Crippen molar-refractivity contribution in [3.8, 4) is 0 Å². The van der Waals surface area contributed by atoms with Crippen LogP contribution in [0.5, 0.6) is 0 Å². The highest BCUT2D eigenvalue weighted by molar-refractivity contribution is 5.64. The van der Waals surface area contributed by atoms with E-state index in [0.717, 1.165) is 12.0 Å². The standard InChI is InChI=1S/C16H20N2/c1-2-4-13-12(3-1)16-6-8-18-7-5-11(10-15(16)18)9-14(16)17-13/h1-4,11,14-15,17H,5-10H2/t11-,14-,15-,16-/m0/s1. The van der Waals surface area contributed by atoms with Crippen LogP contribution in [0.3, 0.4) is 0 Å². The predicted octanol–water partition coefficient (Wildman–Crippen LogP) is 2.61. The highest BCUT2D eigenvalue weighted by Gasteiger charge is 2.61. The van der Waals surface area contributed by atoms with Gasteiger partial charge in [-0.05, 0) is 56.3 Å². The topological polar surface area (TPSA) is 15.3 Å². The molecule has 2 saturated heterocycles. The summed E-state index contributed by atoms with van der Waals surface area (Å²) >= 11 is 0. The molecule has 1 N–H and O–H groups in total. The third-order valence-corrected chi connectivity index (χ3v) is 6.18. The average Bonchev–Trinajstić information content (AvgIpc) is 2.94. The zero-order chi connectivity index (χ0) is 11.7. The van der Waals surface area contributed by atoms with Gasteiger partial charge in [0.25, 0.3) is 0 Å². The summed E-state index contributed by atoms with van der Waals surface area (Å²) in [6, 6.07) is 10.6. The fourth-order valence-corrected chi connectivity index (χ4v) is 5.44.